The van der Waals surface area contributed by atoms with E-state index in [2.05, 4.69) is 4.74 Å². The highest BCUT2D eigenvalue weighted by Gasteiger charge is 2.35. The van der Waals surface area contributed by atoms with Gasteiger partial charge in [0.2, 0.25) is 5.82 Å². The minimum absolute atomic E-state index is 0.551. The van der Waals surface area contributed by atoms with E-state index < -0.39 is 35.1 Å². The third-order valence-corrected chi connectivity index (χ3v) is 1.65. The molecule has 2 nitrogen and oxygen atoms in total. The summed E-state index contributed by atoms with van der Waals surface area (Å²) in [5.41, 5.74) is -0.670. The predicted molar refractivity (Wildman–Crippen MR) is 43.0 cm³/mol. The first kappa shape index (κ1) is 12.4. The highest BCUT2D eigenvalue weighted by atomic mass is 19.4. The molecule has 0 atom stereocenters. The lowest BCUT2D eigenvalue weighted by molar-refractivity contribution is -0.275. The highest BCUT2D eigenvalue weighted by Crippen LogP contribution is 2.30. The van der Waals surface area contributed by atoms with Crippen molar-refractivity contribution in [2.75, 3.05) is 0 Å². The molecule has 0 aliphatic carbocycles. The van der Waals surface area contributed by atoms with Gasteiger partial charge in [0.1, 0.15) is 0 Å². The number of alkyl halides is 3. The summed E-state index contributed by atoms with van der Waals surface area (Å²) in [5, 5.41) is 0. The van der Waals surface area contributed by atoms with Crippen molar-refractivity contribution in [2.24, 2.45) is 0 Å². The molecule has 0 aliphatic heterocycles. The van der Waals surface area contributed by atoms with Gasteiger partial charge in [0.05, 0.1) is 5.56 Å². The summed E-state index contributed by atoms with van der Waals surface area (Å²) in [6.45, 7) is 0.913. The Hall–Kier alpha value is -1.66. The van der Waals surface area contributed by atoms with E-state index in [0.29, 0.717) is 6.07 Å². The molecular weight excluding hydrogens is 235 g/mol. The van der Waals surface area contributed by atoms with Gasteiger partial charge in [-0.05, 0) is 19.1 Å². The van der Waals surface area contributed by atoms with E-state index in [-0.39, 0.29) is 0 Å². The smallest absolute Gasteiger partial charge is 0.402 e. The summed E-state index contributed by atoms with van der Waals surface area (Å²) in [6, 6.07) is 1.27. The van der Waals surface area contributed by atoms with Crippen LogP contribution in [0.2, 0.25) is 0 Å². The van der Waals surface area contributed by atoms with Gasteiger partial charge in [-0.1, -0.05) is 0 Å². The first-order chi connectivity index (χ1) is 7.22. The Morgan fingerprint density at radius 1 is 1.25 bits per heavy atom. The number of hydrogen-bond donors (Lipinski definition) is 0. The van der Waals surface area contributed by atoms with Crippen LogP contribution in [0.3, 0.4) is 0 Å². The maximum absolute atomic E-state index is 13.0. The monoisotopic (exact) mass is 240 g/mol. The minimum atomic E-state index is -5.20. The van der Waals surface area contributed by atoms with Crippen LogP contribution in [0.4, 0.5) is 22.0 Å². The molecule has 0 aliphatic rings. The molecular formula is C9H5F5O2. The molecule has 1 aromatic rings. The van der Waals surface area contributed by atoms with Gasteiger partial charge in [-0.2, -0.15) is 4.39 Å². The second-order valence-electron chi connectivity index (χ2n) is 2.84. The number of benzene rings is 1. The van der Waals surface area contributed by atoms with Crippen molar-refractivity contribution in [2.45, 2.75) is 13.3 Å². The van der Waals surface area contributed by atoms with Crippen LogP contribution in [0.15, 0.2) is 12.1 Å². The molecule has 0 bridgehead atoms. The number of rotatable bonds is 2. The molecule has 16 heavy (non-hydrogen) atoms. The Morgan fingerprint density at radius 2 is 1.81 bits per heavy atom. The molecule has 0 fully saturated rings. The van der Waals surface area contributed by atoms with Crippen LogP contribution in [-0.4, -0.2) is 12.1 Å². The molecule has 0 radical (unpaired) electrons. The number of carbonyl (C=O) groups is 1. The Labute approximate surface area is 86.6 Å². The van der Waals surface area contributed by atoms with Crippen molar-refractivity contribution < 1.29 is 31.5 Å². The fourth-order valence-electron chi connectivity index (χ4n) is 1.02. The predicted octanol–water partition coefficient (Wildman–Crippen LogP) is 3.07. The minimum Gasteiger partial charge on any atom is -0.402 e. The van der Waals surface area contributed by atoms with Crippen LogP contribution in [0.25, 0.3) is 0 Å². The largest absolute Gasteiger partial charge is 0.573 e. The molecule has 0 saturated carbocycles. The zero-order chi connectivity index (χ0) is 12.5. The van der Waals surface area contributed by atoms with Crippen LogP contribution in [0.1, 0.15) is 17.3 Å². The Balaban J connectivity index is 3.32. The topological polar surface area (TPSA) is 26.3 Å². The Kier molecular flexibility index (Phi) is 3.16. The first-order valence-electron chi connectivity index (χ1n) is 3.97. The molecule has 88 valence electrons. The van der Waals surface area contributed by atoms with Gasteiger partial charge in [0.25, 0.3) is 0 Å². The summed E-state index contributed by atoms with van der Waals surface area (Å²) in [7, 11) is 0. The van der Waals surface area contributed by atoms with Crippen LogP contribution in [0.5, 0.6) is 5.75 Å². The van der Waals surface area contributed by atoms with Crippen LogP contribution in [0, 0.1) is 11.6 Å². The van der Waals surface area contributed by atoms with Crippen molar-refractivity contribution in [1.29, 1.82) is 0 Å². The van der Waals surface area contributed by atoms with Gasteiger partial charge < -0.3 is 4.74 Å². The standard InChI is InChI=1S/C9H5F5O2/c1-4(15)5-2-3-6(10)7(11)8(5)16-9(12,13)14/h2-3H,1H3. The zero-order valence-corrected chi connectivity index (χ0v) is 7.86. The number of Topliss-reactive ketones (excluding diaryl/α,β-unsaturated/α-hetero) is 1. The molecule has 1 aromatic carbocycles. The van der Waals surface area contributed by atoms with E-state index in [1.54, 1.807) is 0 Å². The second-order valence-corrected chi connectivity index (χ2v) is 2.84. The number of halogens is 5. The van der Waals surface area contributed by atoms with Gasteiger partial charge in [0.15, 0.2) is 17.3 Å². The lowest BCUT2D eigenvalue weighted by Crippen LogP contribution is -2.20. The fraction of sp³-hybridized carbons (Fsp3) is 0.222. The Bertz CT molecular complexity index is 425. The normalized spacial score (nSPS) is 11.4. The number of ether oxygens (including phenoxy) is 1. The van der Waals surface area contributed by atoms with E-state index in [1.807, 2.05) is 0 Å². The van der Waals surface area contributed by atoms with Crippen LogP contribution in [-0.2, 0) is 0 Å². The van der Waals surface area contributed by atoms with Crippen LogP contribution < -0.4 is 4.74 Å². The summed E-state index contributed by atoms with van der Waals surface area (Å²) in [6.07, 6.45) is -5.20. The lowest BCUT2D eigenvalue weighted by Gasteiger charge is -2.12. The van der Waals surface area contributed by atoms with Crippen molar-refractivity contribution in [3.63, 3.8) is 0 Å². The van der Waals surface area contributed by atoms with Crippen molar-refractivity contribution in [3.05, 3.63) is 29.3 Å². The molecule has 0 heterocycles. The first-order valence-corrected chi connectivity index (χ1v) is 3.97. The fourth-order valence-corrected chi connectivity index (χ4v) is 1.02. The summed E-state index contributed by atoms with van der Waals surface area (Å²) >= 11 is 0. The summed E-state index contributed by atoms with van der Waals surface area (Å²) in [4.78, 5) is 10.9. The second kappa shape index (κ2) is 4.07. The lowest BCUT2D eigenvalue weighted by atomic mass is 10.1. The molecule has 1 rings (SSSR count). The molecule has 0 amide bonds. The third-order valence-electron chi connectivity index (χ3n) is 1.65. The molecule has 0 spiro atoms. The van der Waals surface area contributed by atoms with Gasteiger partial charge in [-0.15, -0.1) is 13.2 Å². The maximum Gasteiger partial charge on any atom is 0.573 e. The van der Waals surface area contributed by atoms with E-state index in [4.69, 9.17) is 0 Å². The van der Waals surface area contributed by atoms with Gasteiger partial charge >= 0.3 is 6.36 Å². The van der Waals surface area contributed by atoms with Crippen molar-refractivity contribution in [1.82, 2.24) is 0 Å². The maximum atomic E-state index is 13.0. The molecule has 0 aromatic heterocycles. The number of hydrogen-bond acceptors (Lipinski definition) is 2. The molecule has 7 heteroatoms. The zero-order valence-electron chi connectivity index (χ0n) is 7.86. The van der Waals surface area contributed by atoms with Crippen LogP contribution >= 0.6 is 0 Å². The highest BCUT2D eigenvalue weighted by molar-refractivity contribution is 5.96. The average Bonchev–Trinajstić information content (AvgIpc) is 2.10. The molecule has 0 saturated heterocycles. The average molecular weight is 240 g/mol. The SMILES string of the molecule is CC(=O)c1ccc(F)c(F)c1OC(F)(F)F. The van der Waals surface area contributed by atoms with Crippen molar-refractivity contribution in [3.8, 4) is 5.75 Å². The van der Waals surface area contributed by atoms with Crippen molar-refractivity contribution >= 4 is 5.78 Å². The summed E-state index contributed by atoms with van der Waals surface area (Å²) in [5.74, 6) is -5.67. The van der Waals surface area contributed by atoms with E-state index in [0.717, 1.165) is 13.0 Å². The van der Waals surface area contributed by atoms with Gasteiger partial charge in [0, 0.05) is 0 Å². The van der Waals surface area contributed by atoms with E-state index in [9.17, 15) is 26.7 Å². The summed E-state index contributed by atoms with van der Waals surface area (Å²) < 4.78 is 64.6. The number of ketones is 1. The quantitative estimate of drug-likeness (QED) is 0.586. The number of carbonyl (C=O) groups excluding carboxylic acids is 1. The van der Waals surface area contributed by atoms with E-state index in [1.165, 1.54) is 0 Å². The third kappa shape index (κ3) is 2.68. The Morgan fingerprint density at radius 3 is 2.25 bits per heavy atom. The molecule has 0 N–H and O–H groups in total. The van der Waals surface area contributed by atoms with Gasteiger partial charge in [-0.3, -0.25) is 4.79 Å². The molecule has 0 unspecified atom stereocenters. The van der Waals surface area contributed by atoms with E-state index >= 15 is 0 Å². The van der Waals surface area contributed by atoms with Gasteiger partial charge in [-0.25, -0.2) is 4.39 Å².